The average Bonchev–Trinajstić information content (AvgIpc) is 2.53. The van der Waals surface area contributed by atoms with Crippen LogP contribution in [0.4, 0.5) is 0 Å². The van der Waals surface area contributed by atoms with Gasteiger partial charge in [0.25, 0.3) is 0 Å². The van der Waals surface area contributed by atoms with Crippen molar-refractivity contribution in [2.24, 2.45) is 12.5 Å². The molecule has 2 heterocycles. The van der Waals surface area contributed by atoms with Crippen molar-refractivity contribution in [1.82, 2.24) is 9.78 Å². The van der Waals surface area contributed by atoms with Gasteiger partial charge in [-0.05, 0) is 20.8 Å². The Kier molecular flexibility index (Phi) is 2.87. The Labute approximate surface area is 103 Å². The number of hydrogen-bond acceptors (Lipinski definition) is 3. The summed E-state index contributed by atoms with van der Waals surface area (Å²) >= 11 is 0. The molecule has 1 aliphatic heterocycles. The Balaban J connectivity index is 2.24. The minimum atomic E-state index is -0.299. The maximum Gasteiger partial charge on any atom is 0.497 e. The molecule has 17 heavy (non-hydrogen) atoms. The molecule has 5 heteroatoms. The summed E-state index contributed by atoms with van der Waals surface area (Å²) in [5, 5.41) is 4.23. The summed E-state index contributed by atoms with van der Waals surface area (Å²) in [4.78, 5) is 0. The van der Waals surface area contributed by atoms with E-state index in [9.17, 15) is 0 Å². The second-order valence-corrected chi connectivity index (χ2v) is 5.96. The molecule has 2 rings (SSSR count). The van der Waals surface area contributed by atoms with Crippen LogP contribution in [0.5, 0.6) is 0 Å². The van der Waals surface area contributed by atoms with Crippen LogP contribution in [0.3, 0.4) is 0 Å². The molecule has 1 aromatic rings. The first-order valence-corrected chi connectivity index (χ1v) is 6.02. The third-order valence-corrected chi connectivity index (χ3v) is 4.15. The largest absolute Gasteiger partial charge is 0.497 e. The number of aryl methyl sites for hydroxylation is 1. The third kappa shape index (κ3) is 2.02. The lowest BCUT2D eigenvalue weighted by Crippen LogP contribution is -2.58. The Hall–Kier alpha value is -0.805. The molecular formula is C12H21BN2O2. The Morgan fingerprint density at radius 1 is 1.35 bits per heavy atom. The molecule has 0 spiro atoms. The molecule has 4 nitrogen and oxygen atoms in total. The maximum atomic E-state index is 6.09. The topological polar surface area (TPSA) is 36.3 Å². The van der Waals surface area contributed by atoms with Gasteiger partial charge in [-0.25, -0.2) is 0 Å². The molecule has 0 N–H and O–H groups in total. The molecule has 1 saturated heterocycles. The van der Waals surface area contributed by atoms with Crippen LogP contribution in [0.25, 0.3) is 0 Å². The normalized spacial score (nSPS) is 22.8. The van der Waals surface area contributed by atoms with Crippen LogP contribution in [0.15, 0.2) is 6.20 Å². The average molecular weight is 236 g/mol. The van der Waals surface area contributed by atoms with E-state index in [2.05, 4.69) is 32.8 Å². The van der Waals surface area contributed by atoms with Gasteiger partial charge in [0.1, 0.15) is 0 Å². The predicted octanol–water partition coefficient (Wildman–Crippen LogP) is 1.28. The fourth-order valence-electron chi connectivity index (χ4n) is 1.82. The lowest BCUT2D eigenvalue weighted by molar-refractivity contribution is -0.0937. The predicted molar refractivity (Wildman–Crippen MR) is 68.2 cm³/mol. The molecule has 94 valence electrons. The van der Waals surface area contributed by atoms with Crippen LogP contribution in [0, 0.1) is 12.3 Å². The monoisotopic (exact) mass is 236 g/mol. The highest BCUT2D eigenvalue weighted by Gasteiger charge is 2.47. The highest BCUT2D eigenvalue weighted by atomic mass is 16.6. The molecule has 0 aliphatic carbocycles. The van der Waals surface area contributed by atoms with Gasteiger partial charge in [-0.15, -0.1) is 0 Å². The van der Waals surface area contributed by atoms with Gasteiger partial charge >= 0.3 is 7.12 Å². The third-order valence-electron chi connectivity index (χ3n) is 4.15. The van der Waals surface area contributed by atoms with Crippen molar-refractivity contribution in [1.29, 1.82) is 0 Å². The van der Waals surface area contributed by atoms with Crippen molar-refractivity contribution in [3.63, 3.8) is 0 Å². The molecule has 0 saturated carbocycles. The SMILES string of the molecule is Cc1c(B2OCC(C)(C)C(C)(C)O2)cnn1C. The molecule has 0 amide bonds. The molecule has 0 bridgehead atoms. The number of aromatic nitrogens is 2. The standard InChI is InChI=1S/C12H21BN2O2/c1-9-10(7-14-15(9)6)13-16-8-11(2,3)12(4,5)17-13/h7H,8H2,1-6H3. The first kappa shape index (κ1) is 12.6. The second kappa shape index (κ2) is 3.85. The van der Waals surface area contributed by atoms with Crippen LogP contribution in [-0.2, 0) is 16.4 Å². The number of hydrogen-bond donors (Lipinski definition) is 0. The van der Waals surface area contributed by atoms with Crippen LogP contribution in [0.1, 0.15) is 33.4 Å². The summed E-state index contributed by atoms with van der Waals surface area (Å²) in [6, 6.07) is 0. The highest BCUT2D eigenvalue weighted by Crippen LogP contribution is 2.38. The van der Waals surface area contributed by atoms with Gasteiger partial charge in [0.15, 0.2) is 0 Å². The van der Waals surface area contributed by atoms with E-state index in [-0.39, 0.29) is 18.1 Å². The second-order valence-electron chi connectivity index (χ2n) is 5.96. The highest BCUT2D eigenvalue weighted by molar-refractivity contribution is 6.62. The molecule has 0 unspecified atom stereocenters. The minimum absolute atomic E-state index is 0.0135. The summed E-state index contributed by atoms with van der Waals surface area (Å²) in [5.41, 5.74) is 1.92. The molecule has 0 radical (unpaired) electrons. The van der Waals surface area contributed by atoms with Crippen LogP contribution >= 0.6 is 0 Å². The van der Waals surface area contributed by atoms with Gasteiger partial charge in [0.05, 0.1) is 5.60 Å². The van der Waals surface area contributed by atoms with Gasteiger partial charge in [0, 0.05) is 36.4 Å². The van der Waals surface area contributed by atoms with Crippen molar-refractivity contribution in [3.8, 4) is 0 Å². The van der Waals surface area contributed by atoms with E-state index in [1.54, 1.807) is 0 Å². The van der Waals surface area contributed by atoms with E-state index >= 15 is 0 Å². The van der Waals surface area contributed by atoms with Gasteiger partial charge in [-0.2, -0.15) is 5.10 Å². The van der Waals surface area contributed by atoms with E-state index in [4.69, 9.17) is 9.31 Å². The summed E-state index contributed by atoms with van der Waals surface area (Å²) in [7, 11) is 1.63. The van der Waals surface area contributed by atoms with E-state index in [1.165, 1.54) is 0 Å². The summed E-state index contributed by atoms with van der Waals surface area (Å²) in [6.07, 6.45) is 1.83. The van der Waals surface area contributed by atoms with E-state index in [0.717, 1.165) is 11.2 Å². The van der Waals surface area contributed by atoms with Gasteiger partial charge < -0.3 is 9.31 Å². The van der Waals surface area contributed by atoms with Crippen molar-refractivity contribution >= 4 is 12.6 Å². The molecular weight excluding hydrogens is 215 g/mol. The molecule has 0 aromatic carbocycles. The molecule has 1 aliphatic rings. The zero-order valence-electron chi connectivity index (χ0n) is 11.6. The number of nitrogens with zero attached hydrogens (tertiary/aromatic N) is 2. The van der Waals surface area contributed by atoms with Gasteiger partial charge in [-0.3, -0.25) is 4.68 Å². The van der Waals surface area contributed by atoms with Crippen LogP contribution in [0.2, 0.25) is 0 Å². The van der Waals surface area contributed by atoms with E-state index in [0.29, 0.717) is 6.61 Å². The van der Waals surface area contributed by atoms with Crippen molar-refractivity contribution in [2.75, 3.05) is 6.61 Å². The van der Waals surface area contributed by atoms with Gasteiger partial charge in [-0.1, -0.05) is 13.8 Å². The molecule has 1 aromatic heterocycles. The first-order chi connectivity index (χ1) is 7.74. The lowest BCUT2D eigenvalue weighted by atomic mass is 9.69. The Morgan fingerprint density at radius 2 is 2.00 bits per heavy atom. The summed E-state index contributed by atoms with van der Waals surface area (Å²) in [6.45, 7) is 11.3. The van der Waals surface area contributed by atoms with E-state index in [1.807, 2.05) is 24.9 Å². The summed E-state index contributed by atoms with van der Waals surface area (Å²) < 4.78 is 13.8. The Bertz CT molecular complexity index is 426. The minimum Gasteiger partial charge on any atom is -0.407 e. The van der Waals surface area contributed by atoms with E-state index < -0.39 is 0 Å². The fraction of sp³-hybridized carbons (Fsp3) is 0.750. The quantitative estimate of drug-likeness (QED) is 0.689. The zero-order valence-corrected chi connectivity index (χ0v) is 11.6. The zero-order chi connectivity index (χ0) is 12.8. The first-order valence-electron chi connectivity index (χ1n) is 6.02. The van der Waals surface area contributed by atoms with Crippen LogP contribution < -0.4 is 5.46 Å². The number of rotatable bonds is 1. The lowest BCUT2D eigenvalue weighted by Gasteiger charge is -2.47. The fourth-order valence-corrected chi connectivity index (χ4v) is 1.82. The smallest absolute Gasteiger partial charge is 0.407 e. The maximum absolute atomic E-state index is 6.09. The molecule has 1 fully saturated rings. The Morgan fingerprint density at radius 3 is 2.47 bits per heavy atom. The van der Waals surface area contributed by atoms with Crippen molar-refractivity contribution in [3.05, 3.63) is 11.9 Å². The summed E-state index contributed by atoms with van der Waals surface area (Å²) in [5.74, 6) is 0. The van der Waals surface area contributed by atoms with Crippen molar-refractivity contribution in [2.45, 2.75) is 40.2 Å². The molecule has 0 atom stereocenters. The van der Waals surface area contributed by atoms with Crippen LogP contribution in [-0.4, -0.2) is 29.1 Å². The van der Waals surface area contributed by atoms with Crippen molar-refractivity contribution < 1.29 is 9.31 Å². The van der Waals surface area contributed by atoms with Gasteiger partial charge in [0.2, 0.25) is 0 Å².